The predicted octanol–water partition coefficient (Wildman–Crippen LogP) is 2.10. The van der Waals surface area contributed by atoms with Gasteiger partial charge < -0.3 is 11.5 Å². The summed E-state index contributed by atoms with van der Waals surface area (Å²) in [4.78, 5) is 3.88. The van der Waals surface area contributed by atoms with E-state index in [0.29, 0.717) is 0 Å². The van der Waals surface area contributed by atoms with E-state index in [4.69, 9.17) is 11.5 Å². The van der Waals surface area contributed by atoms with Gasteiger partial charge in [0.2, 0.25) is 11.9 Å². The van der Waals surface area contributed by atoms with Crippen LogP contribution in [0.3, 0.4) is 0 Å². The summed E-state index contributed by atoms with van der Waals surface area (Å²) < 4.78 is 1.52. The zero-order chi connectivity index (χ0) is 13.2. The van der Waals surface area contributed by atoms with Crippen LogP contribution < -0.4 is 11.5 Å². The van der Waals surface area contributed by atoms with Gasteiger partial charge in [-0.05, 0) is 23.3 Å². The van der Waals surface area contributed by atoms with E-state index in [-0.39, 0.29) is 11.9 Å². The van der Waals surface area contributed by atoms with Crippen LogP contribution in [0.1, 0.15) is 0 Å². The van der Waals surface area contributed by atoms with Crippen molar-refractivity contribution in [3.05, 3.63) is 54.6 Å². The summed E-state index contributed by atoms with van der Waals surface area (Å²) in [5.74, 6) is 0.453. The Bertz CT molecular complexity index is 686. The zero-order valence-corrected chi connectivity index (χ0v) is 10.2. The molecule has 0 aliphatic rings. The first-order chi connectivity index (χ1) is 9.24. The highest BCUT2D eigenvalue weighted by Gasteiger charge is 2.06. The molecule has 1 heterocycles. The van der Waals surface area contributed by atoms with E-state index in [1.54, 1.807) is 0 Å². The molecule has 0 bridgehead atoms. The molecule has 0 amide bonds. The molecule has 1 aromatic heterocycles. The summed E-state index contributed by atoms with van der Waals surface area (Å²) in [6, 6.07) is 18.1. The molecular weight excluding hydrogens is 238 g/mol. The van der Waals surface area contributed by atoms with Crippen molar-refractivity contribution in [3.63, 3.8) is 0 Å². The Balaban J connectivity index is 1.98. The van der Waals surface area contributed by atoms with Crippen molar-refractivity contribution in [2.75, 3.05) is 11.5 Å². The topological polar surface area (TPSA) is 82.7 Å². The Hall–Kier alpha value is -2.82. The van der Waals surface area contributed by atoms with Gasteiger partial charge in [-0.1, -0.05) is 42.5 Å². The van der Waals surface area contributed by atoms with Crippen LogP contribution in [-0.4, -0.2) is 14.8 Å². The lowest BCUT2D eigenvalue weighted by molar-refractivity contribution is 0.896. The van der Waals surface area contributed by atoms with Crippen molar-refractivity contribution in [2.24, 2.45) is 0 Å². The number of nitrogens with two attached hydrogens (primary N) is 2. The average Bonchev–Trinajstić information content (AvgIpc) is 2.79. The summed E-state index contributed by atoms with van der Waals surface area (Å²) in [6.07, 6.45) is 0. The zero-order valence-electron chi connectivity index (χ0n) is 10.2. The first-order valence-electron chi connectivity index (χ1n) is 5.88. The van der Waals surface area contributed by atoms with Crippen molar-refractivity contribution in [3.8, 4) is 16.8 Å². The van der Waals surface area contributed by atoms with Gasteiger partial charge in [0.05, 0.1) is 5.69 Å². The Labute approximate surface area is 110 Å². The molecule has 19 heavy (non-hydrogen) atoms. The van der Waals surface area contributed by atoms with Crippen LogP contribution in [0.15, 0.2) is 54.6 Å². The molecule has 4 N–H and O–H groups in total. The Morgan fingerprint density at radius 3 is 2.00 bits per heavy atom. The van der Waals surface area contributed by atoms with E-state index in [1.165, 1.54) is 10.2 Å². The molecule has 3 aromatic rings. The number of benzene rings is 2. The first kappa shape index (κ1) is 11.3. The summed E-state index contributed by atoms with van der Waals surface area (Å²) in [6.45, 7) is 0. The molecule has 94 valence electrons. The van der Waals surface area contributed by atoms with Gasteiger partial charge in [0.1, 0.15) is 0 Å². The third-order valence-corrected chi connectivity index (χ3v) is 2.87. The molecule has 0 fully saturated rings. The minimum absolute atomic E-state index is 0.171. The number of hydrogen-bond acceptors (Lipinski definition) is 4. The lowest BCUT2D eigenvalue weighted by atomic mass is 10.1. The van der Waals surface area contributed by atoms with Crippen LogP contribution in [0, 0.1) is 0 Å². The maximum Gasteiger partial charge on any atom is 0.241 e. The largest absolute Gasteiger partial charge is 0.368 e. The van der Waals surface area contributed by atoms with Gasteiger partial charge in [0.25, 0.3) is 0 Å². The highest BCUT2D eigenvalue weighted by Crippen LogP contribution is 2.21. The fourth-order valence-electron chi connectivity index (χ4n) is 1.96. The lowest BCUT2D eigenvalue weighted by Crippen LogP contribution is -2.02. The third-order valence-electron chi connectivity index (χ3n) is 2.87. The van der Waals surface area contributed by atoms with Crippen molar-refractivity contribution < 1.29 is 0 Å². The molecule has 2 aromatic carbocycles. The van der Waals surface area contributed by atoms with E-state index < -0.39 is 0 Å². The van der Waals surface area contributed by atoms with Crippen LogP contribution >= 0.6 is 0 Å². The van der Waals surface area contributed by atoms with Crippen molar-refractivity contribution in [1.82, 2.24) is 14.8 Å². The number of nitrogen functional groups attached to an aromatic ring is 2. The minimum Gasteiger partial charge on any atom is -0.368 e. The Morgan fingerprint density at radius 1 is 0.789 bits per heavy atom. The predicted molar refractivity (Wildman–Crippen MR) is 75.6 cm³/mol. The monoisotopic (exact) mass is 251 g/mol. The molecule has 0 saturated heterocycles. The third kappa shape index (κ3) is 2.13. The number of hydrogen-bond donors (Lipinski definition) is 2. The van der Waals surface area contributed by atoms with Gasteiger partial charge in [-0.3, -0.25) is 0 Å². The molecule has 0 atom stereocenters. The summed E-state index contributed by atoms with van der Waals surface area (Å²) in [7, 11) is 0. The fourth-order valence-corrected chi connectivity index (χ4v) is 1.96. The van der Waals surface area contributed by atoms with Crippen LogP contribution in [0.25, 0.3) is 16.8 Å². The van der Waals surface area contributed by atoms with E-state index in [0.717, 1.165) is 11.3 Å². The second kappa shape index (κ2) is 4.45. The van der Waals surface area contributed by atoms with Gasteiger partial charge in [0, 0.05) is 0 Å². The summed E-state index contributed by atoms with van der Waals surface area (Å²) in [5.41, 5.74) is 14.4. The van der Waals surface area contributed by atoms with E-state index in [1.807, 2.05) is 42.5 Å². The van der Waals surface area contributed by atoms with Gasteiger partial charge in [0.15, 0.2) is 0 Å². The maximum atomic E-state index is 5.73. The standard InChI is InChI=1S/C14H13N5/c15-13-17-14(16)19(18-13)12-8-6-11(7-9-12)10-4-2-1-3-5-10/h1-9H,(H4,15,16,17,18). The molecule has 0 unspecified atom stereocenters. The molecule has 0 aliphatic carbocycles. The second-order valence-electron chi connectivity index (χ2n) is 4.15. The van der Waals surface area contributed by atoms with Gasteiger partial charge in [-0.2, -0.15) is 9.67 Å². The van der Waals surface area contributed by atoms with Crippen LogP contribution in [0.2, 0.25) is 0 Å². The summed E-state index contributed by atoms with van der Waals surface area (Å²) >= 11 is 0. The first-order valence-corrected chi connectivity index (χ1v) is 5.88. The van der Waals surface area contributed by atoms with E-state index >= 15 is 0 Å². The molecule has 0 aliphatic heterocycles. The Morgan fingerprint density at radius 2 is 1.42 bits per heavy atom. The molecule has 5 heteroatoms. The van der Waals surface area contributed by atoms with Crippen LogP contribution in [0.4, 0.5) is 11.9 Å². The van der Waals surface area contributed by atoms with Crippen LogP contribution in [0.5, 0.6) is 0 Å². The Kier molecular flexibility index (Phi) is 2.64. The number of aromatic nitrogens is 3. The van der Waals surface area contributed by atoms with Gasteiger partial charge in [-0.15, -0.1) is 5.10 Å². The van der Waals surface area contributed by atoms with Gasteiger partial charge in [-0.25, -0.2) is 0 Å². The highest BCUT2D eigenvalue weighted by molar-refractivity contribution is 5.64. The minimum atomic E-state index is 0.171. The number of anilines is 2. The van der Waals surface area contributed by atoms with Crippen molar-refractivity contribution in [2.45, 2.75) is 0 Å². The quantitative estimate of drug-likeness (QED) is 0.730. The van der Waals surface area contributed by atoms with Crippen molar-refractivity contribution >= 4 is 11.9 Å². The summed E-state index contributed by atoms with van der Waals surface area (Å²) in [5, 5.41) is 4.04. The maximum absolute atomic E-state index is 5.73. The molecular formula is C14H13N5. The molecule has 5 nitrogen and oxygen atoms in total. The molecule has 0 spiro atoms. The number of rotatable bonds is 2. The van der Waals surface area contributed by atoms with E-state index in [2.05, 4.69) is 22.2 Å². The second-order valence-corrected chi connectivity index (χ2v) is 4.15. The fraction of sp³-hybridized carbons (Fsp3) is 0. The highest BCUT2D eigenvalue weighted by atomic mass is 15.4. The SMILES string of the molecule is Nc1nc(N)n(-c2ccc(-c3ccccc3)cc2)n1. The lowest BCUT2D eigenvalue weighted by Gasteiger charge is -2.05. The van der Waals surface area contributed by atoms with Crippen LogP contribution in [-0.2, 0) is 0 Å². The molecule has 0 radical (unpaired) electrons. The smallest absolute Gasteiger partial charge is 0.241 e. The van der Waals surface area contributed by atoms with E-state index in [9.17, 15) is 0 Å². The normalized spacial score (nSPS) is 10.5. The van der Waals surface area contributed by atoms with Crippen molar-refractivity contribution in [1.29, 1.82) is 0 Å². The number of nitrogens with zero attached hydrogens (tertiary/aromatic N) is 3. The molecule has 3 rings (SSSR count). The average molecular weight is 251 g/mol. The molecule has 0 saturated carbocycles. The van der Waals surface area contributed by atoms with Gasteiger partial charge >= 0.3 is 0 Å².